The molecule has 2 bridgehead atoms. The molecule has 2 heterocycles. The minimum atomic E-state index is -0.654. The smallest absolute Gasteiger partial charge is 0.186 e. The summed E-state index contributed by atoms with van der Waals surface area (Å²) in [5.41, 5.74) is 2.56. The third-order valence-corrected chi connectivity index (χ3v) is 8.50. The topological polar surface area (TPSA) is 54.5 Å². The van der Waals surface area contributed by atoms with E-state index in [1.165, 1.54) is 0 Å². The fourth-order valence-corrected chi connectivity index (χ4v) is 7.31. The van der Waals surface area contributed by atoms with Crippen LogP contribution < -0.4 is 4.90 Å². The molecule has 32 heavy (non-hydrogen) atoms. The molecule has 5 aliphatic rings. The highest BCUT2D eigenvalue weighted by molar-refractivity contribution is 6.11. The number of hydrogen-bond acceptors (Lipinski definition) is 4. The molecule has 2 aliphatic heterocycles. The molecular weight excluding hydrogens is 398 g/mol. The molecule has 2 aromatic carbocycles. The van der Waals surface area contributed by atoms with E-state index in [4.69, 9.17) is 0 Å². The lowest BCUT2D eigenvalue weighted by molar-refractivity contribution is -0.146. The van der Waals surface area contributed by atoms with Crippen molar-refractivity contribution in [1.82, 2.24) is 0 Å². The van der Waals surface area contributed by atoms with Gasteiger partial charge in [0.15, 0.2) is 5.78 Å². The number of Topliss-reactive ketones (excluding diaryl/α,β-unsaturated/α-hetero) is 3. The van der Waals surface area contributed by atoms with Crippen LogP contribution in [0.5, 0.6) is 0 Å². The van der Waals surface area contributed by atoms with Crippen molar-refractivity contribution >= 4 is 29.1 Å². The summed E-state index contributed by atoms with van der Waals surface area (Å²) in [6.45, 7) is 0. The largest absolute Gasteiger partial charge is 0.353 e. The Morgan fingerprint density at radius 2 is 1.41 bits per heavy atom. The molecule has 0 radical (unpaired) electrons. The summed E-state index contributed by atoms with van der Waals surface area (Å²) in [6, 6.07) is 16.3. The van der Waals surface area contributed by atoms with Crippen molar-refractivity contribution in [3.05, 3.63) is 84.0 Å². The second kappa shape index (κ2) is 6.38. The van der Waals surface area contributed by atoms with Crippen LogP contribution >= 0.6 is 0 Å². The van der Waals surface area contributed by atoms with Crippen LogP contribution in [0.2, 0.25) is 0 Å². The highest BCUT2D eigenvalue weighted by Crippen LogP contribution is 2.58. The maximum Gasteiger partial charge on any atom is 0.186 e. The first kappa shape index (κ1) is 18.3. The normalized spacial score (nSPS) is 37.8. The molecule has 0 amide bonds. The number of benzene rings is 2. The minimum Gasteiger partial charge on any atom is -0.353 e. The first-order chi connectivity index (χ1) is 15.6. The number of fused-ring (bicyclic) bond motifs is 10. The molecule has 7 rings (SSSR count). The number of carbonyl (C=O) groups excluding carboxylic acids is 3. The zero-order valence-corrected chi connectivity index (χ0v) is 17.5. The second-order valence-corrected chi connectivity index (χ2v) is 9.85. The summed E-state index contributed by atoms with van der Waals surface area (Å²) in [7, 11) is 0. The van der Waals surface area contributed by atoms with Crippen molar-refractivity contribution in [2.24, 2.45) is 35.5 Å². The van der Waals surface area contributed by atoms with Crippen LogP contribution in [0.15, 0.2) is 72.8 Å². The zero-order chi connectivity index (χ0) is 21.6. The molecular formula is C28H23NO3. The van der Waals surface area contributed by atoms with Crippen LogP contribution in [-0.4, -0.2) is 29.4 Å². The third-order valence-electron chi connectivity index (χ3n) is 8.50. The van der Waals surface area contributed by atoms with Gasteiger partial charge in [-0.2, -0.15) is 0 Å². The number of anilines is 1. The van der Waals surface area contributed by atoms with Gasteiger partial charge in [-0.1, -0.05) is 72.8 Å². The Kier molecular flexibility index (Phi) is 3.65. The lowest BCUT2D eigenvalue weighted by atomic mass is 9.61. The Bertz CT molecular complexity index is 1230. The quantitative estimate of drug-likeness (QED) is 0.544. The van der Waals surface area contributed by atoms with E-state index in [1.54, 1.807) is 0 Å². The van der Waals surface area contributed by atoms with Crippen molar-refractivity contribution in [2.45, 2.75) is 18.5 Å². The molecule has 0 N–H and O–H groups in total. The van der Waals surface area contributed by atoms with Crippen LogP contribution in [0.25, 0.3) is 6.08 Å². The monoisotopic (exact) mass is 421 g/mol. The van der Waals surface area contributed by atoms with E-state index in [2.05, 4.69) is 17.1 Å². The fourth-order valence-electron chi connectivity index (χ4n) is 7.31. The SMILES string of the molecule is O=C1[C@@H]2[C@H](C(=O)[C@@H]3[C@H]1[C@H]1C=Cc4ccccc4N1[C@@H]3C(=O)c1ccccc1)[C@H]1C=C[C@@H]2C1. The van der Waals surface area contributed by atoms with Crippen molar-refractivity contribution in [3.8, 4) is 0 Å². The van der Waals surface area contributed by atoms with Crippen LogP contribution in [0.1, 0.15) is 22.3 Å². The molecule has 8 atom stereocenters. The molecule has 4 heteroatoms. The average Bonchev–Trinajstić information content (AvgIpc) is 3.54. The molecule has 158 valence electrons. The lowest BCUT2D eigenvalue weighted by Gasteiger charge is -2.38. The predicted octanol–water partition coefficient (Wildman–Crippen LogP) is 3.98. The molecule has 2 aromatic rings. The predicted molar refractivity (Wildman–Crippen MR) is 121 cm³/mol. The van der Waals surface area contributed by atoms with Gasteiger partial charge < -0.3 is 4.90 Å². The van der Waals surface area contributed by atoms with Gasteiger partial charge in [0.25, 0.3) is 0 Å². The van der Waals surface area contributed by atoms with Crippen molar-refractivity contribution in [3.63, 3.8) is 0 Å². The van der Waals surface area contributed by atoms with Crippen LogP contribution in [0, 0.1) is 35.5 Å². The van der Waals surface area contributed by atoms with Crippen molar-refractivity contribution in [1.29, 1.82) is 0 Å². The summed E-state index contributed by atoms with van der Waals surface area (Å²) in [6.07, 6.45) is 9.27. The number of para-hydroxylation sites is 1. The van der Waals surface area contributed by atoms with Gasteiger partial charge in [0, 0.05) is 23.1 Å². The van der Waals surface area contributed by atoms with Gasteiger partial charge in [-0.25, -0.2) is 0 Å². The van der Waals surface area contributed by atoms with Crippen LogP contribution in [-0.2, 0) is 9.59 Å². The maximum atomic E-state index is 14.0. The van der Waals surface area contributed by atoms with E-state index >= 15 is 0 Å². The highest BCUT2D eigenvalue weighted by Gasteiger charge is 2.67. The Hall–Kier alpha value is -3.27. The Morgan fingerprint density at radius 1 is 0.750 bits per heavy atom. The second-order valence-electron chi connectivity index (χ2n) is 9.85. The Labute approximate surface area is 186 Å². The third kappa shape index (κ3) is 2.20. The summed E-state index contributed by atoms with van der Waals surface area (Å²) in [5, 5.41) is 0. The number of allylic oxidation sites excluding steroid dienone is 2. The van der Waals surface area contributed by atoms with Gasteiger partial charge in [0.05, 0.1) is 17.9 Å². The summed E-state index contributed by atoms with van der Waals surface area (Å²) in [5.74, 6) is -0.933. The van der Waals surface area contributed by atoms with Crippen LogP contribution in [0.3, 0.4) is 0 Å². The van der Waals surface area contributed by atoms with E-state index in [0.717, 1.165) is 17.7 Å². The average molecular weight is 421 g/mol. The van der Waals surface area contributed by atoms with E-state index in [0.29, 0.717) is 5.56 Å². The summed E-state index contributed by atoms with van der Waals surface area (Å²) >= 11 is 0. The molecule has 3 aliphatic carbocycles. The number of ketones is 3. The van der Waals surface area contributed by atoms with Gasteiger partial charge in [0.2, 0.25) is 0 Å². The Morgan fingerprint density at radius 3 is 2.16 bits per heavy atom. The zero-order valence-electron chi connectivity index (χ0n) is 17.5. The van der Waals surface area contributed by atoms with Gasteiger partial charge in [0.1, 0.15) is 17.6 Å². The summed E-state index contributed by atoms with van der Waals surface area (Å²) < 4.78 is 0. The van der Waals surface area contributed by atoms with E-state index < -0.39 is 17.9 Å². The van der Waals surface area contributed by atoms with E-state index in [9.17, 15) is 14.4 Å². The van der Waals surface area contributed by atoms with Gasteiger partial charge in [-0.15, -0.1) is 0 Å². The summed E-state index contributed by atoms with van der Waals surface area (Å²) in [4.78, 5) is 44.0. The number of carbonyl (C=O) groups is 3. The molecule has 1 saturated heterocycles. The minimum absolute atomic E-state index is 0.0634. The van der Waals surface area contributed by atoms with Gasteiger partial charge in [-0.3, -0.25) is 14.4 Å². The number of hydrogen-bond donors (Lipinski definition) is 0. The van der Waals surface area contributed by atoms with E-state index in [-0.39, 0.29) is 47.1 Å². The highest BCUT2D eigenvalue weighted by atomic mass is 16.2. The first-order valence-electron chi connectivity index (χ1n) is 11.6. The Balaban J connectivity index is 1.41. The van der Waals surface area contributed by atoms with Crippen molar-refractivity contribution in [2.75, 3.05) is 4.90 Å². The molecule has 0 spiro atoms. The maximum absolute atomic E-state index is 14.0. The molecule has 3 fully saturated rings. The molecule has 4 nitrogen and oxygen atoms in total. The van der Waals surface area contributed by atoms with E-state index in [1.807, 2.05) is 66.7 Å². The number of rotatable bonds is 2. The lowest BCUT2D eigenvalue weighted by Crippen LogP contribution is -2.52. The molecule has 0 unspecified atom stereocenters. The number of nitrogens with zero attached hydrogens (tertiary/aromatic N) is 1. The van der Waals surface area contributed by atoms with Gasteiger partial charge >= 0.3 is 0 Å². The van der Waals surface area contributed by atoms with Crippen LogP contribution in [0.4, 0.5) is 5.69 Å². The first-order valence-corrected chi connectivity index (χ1v) is 11.6. The van der Waals surface area contributed by atoms with Crippen molar-refractivity contribution < 1.29 is 14.4 Å². The van der Waals surface area contributed by atoms with Gasteiger partial charge in [-0.05, 0) is 29.9 Å². The molecule has 2 saturated carbocycles. The standard InChI is InChI=1S/C28H23NO3/c30-26(16-7-2-1-3-8-16)25-24-23(20-13-12-15-6-4-5-9-19(15)29(20)25)27(31)21-17-10-11-18(14-17)22(21)28(24)32/h1-13,17-18,20-25H,14H2/t17-,18+,20-,21+,22-,23-,24-,25+/m1/s1. The fraction of sp³-hybridized carbons (Fsp3) is 0.321. The molecule has 0 aromatic heterocycles.